The summed E-state index contributed by atoms with van der Waals surface area (Å²) < 4.78 is 5.50. The molecule has 0 spiro atoms. The van der Waals surface area contributed by atoms with E-state index in [2.05, 4.69) is 42.8 Å². The molecule has 1 rings (SSSR count). The number of unbranched alkanes of at least 4 members (excludes halogenated alkanes) is 2. The van der Waals surface area contributed by atoms with Crippen molar-refractivity contribution in [3.05, 3.63) is 42.5 Å². The molecule has 0 fully saturated rings. The third kappa shape index (κ3) is 9.74. The molecule has 0 aliphatic rings. The number of benzene rings is 1. The number of nitrogens with zero attached hydrogens (tertiary/aromatic N) is 1. The van der Waals surface area contributed by atoms with Crippen LogP contribution in [-0.2, 0) is 6.54 Å². The molecule has 0 saturated carbocycles. The quantitative estimate of drug-likeness (QED) is 0.374. The van der Waals surface area contributed by atoms with Crippen molar-refractivity contribution in [2.75, 3.05) is 32.8 Å². The van der Waals surface area contributed by atoms with E-state index in [9.17, 15) is 0 Å². The van der Waals surface area contributed by atoms with Gasteiger partial charge in [0.1, 0.15) is 12.4 Å². The van der Waals surface area contributed by atoms with E-state index in [0.717, 1.165) is 18.8 Å². The van der Waals surface area contributed by atoms with Crippen LogP contribution in [-0.4, -0.2) is 37.7 Å². The smallest absolute Gasteiger partial charge is 0.119 e. The fraction of sp³-hybridized carbons (Fsp3) is 0.619. The number of ether oxygens (including phenoxy) is 1. The molecule has 0 bridgehead atoms. The van der Waals surface area contributed by atoms with Crippen molar-refractivity contribution in [3.8, 4) is 5.75 Å². The Kier molecular flexibility index (Phi) is 12.1. The van der Waals surface area contributed by atoms with Crippen LogP contribution in [0.4, 0.5) is 0 Å². The summed E-state index contributed by atoms with van der Waals surface area (Å²) in [6, 6.07) is 8.30. The summed E-state index contributed by atoms with van der Waals surface area (Å²) in [5, 5.41) is 3.55. The van der Waals surface area contributed by atoms with Gasteiger partial charge in [0.15, 0.2) is 0 Å². The first-order chi connectivity index (χ1) is 11.8. The molecule has 0 heterocycles. The minimum absolute atomic E-state index is 0.560. The number of hydrogen-bond donors (Lipinski definition) is 1. The number of hydrogen-bond acceptors (Lipinski definition) is 3. The van der Waals surface area contributed by atoms with Crippen molar-refractivity contribution in [2.45, 2.75) is 52.5 Å². The van der Waals surface area contributed by atoms with Crippen molar-refractivity contribution in [3.63, 3.8) is 0 Å². The third-order valence-corrected chi connectivity index (χ3v) is 4.10. The van der Waals surface area contributed by atoms with Gasteiger partial charge in [0.05, 0.1) is 0 Å². The lowest BCUT2D eigenvalue weighted by atomic mass is 10.2. The van der Waals surface area contributed by atoms with Gasteiger partial charge < -0.3 is 15.0 Å². The number of rotatable bonds is 15. The second-order valence-corrected chi connectivity index (χ2v) is 6.32. The van der Waals surface area contributed by atoms with Crippen LogP contribution in [0.5, 0.6) is 5.75 Å². The first-order valence-electron chi connectivity index (χ1n) is 9.55. The first-order valence-corrected chi connectivity index (χ1v) is 9.55. The molecular formula is C21H36N2O. The van der Waals surface area contributed by atoms with Gasteiger partial charge in [0.25, 0.3) is 0 Å². The van der Waals surface area contributed by atoms with Crippen molar-refractivity contribution >= 4 is 0 Å². The highest BCUT2D eigenvalue weighted by atomic mass is 16.5. The molecule has 0 radical (unpaired) electrons. The Morgan fingerprint density at radius 1 is 1.00 bits per heavy atom. The van der Waals surface area contributed by atoms with E-state index < -0.39 is 0 Å². The van der Waals surface area contributed by atoms with Crippen LogP contribution in [0.2, 0.25) is 0 Å². The Morgan fingerprint density at radius 2 is 1.62 bits per heavy atom. The van der Waals surface area contributed by atoms with Gasteiger partial charge in [-0.05, 0) is 63.1 Å². The van der Waals surface area contributed by atoms with E-state index in [4.69, 9.17) is 4.74 Å². The summed E-state index contributed by atoms with van der Waals surface area (Å²) in [5.74, 6) is 0.904. The Labute approximate surface area is 149 Å². The second kappa shape index (κ2) is 14.1. The Hall–Kier alpha value is -1.32. The van der Waals surface area contributed by atoms with Gasteiger partial charge in [0, 0.05) is 6.54 Å². The molecule has 0 unspecified atom stereocenters. The summed E-state index contributed by atoms with van der Waals surface area (Å²) in [6.07, 6.45) is 8.18. The average molecular weight is 333 g/mol. The highest BCUT2D eigenvalue weighted by Crippen LogP contribution is 2.12. The molecule has 136 valence electrons. The predicted octanol–water partition coefficient (Wildman–Crippen LogP) is 4.63. The van der Waals surface area contributed by atoms with Crippen molar-refractivity contribution in [1.29, 1.82) is 0 Å². The second-order valence-electron chi connectivity index (χ2n) is 6.32. The van der Waals surface area contributed by atoms with Gasteiger partial charge in [-0.25, -0.2) is 0 Å². The fourth-order valence-electron chi connectivity index (χ4n) is 2.62. The van der Waals surface area contributed by atoms with Gasteiger partial charge in [0.2, 0.25) is 0 Å². The first kappa shape index (κ1) is 20.7. The fourth-order valence-corrected chi connectivity index (χ4v) is 2.62. The van der Waals surface area contributed by atoms with E-state index >= 15 is 0 Å². The van der Waals surface area contributed by atoms with Gasteiger partial charge in [-0.15, -0.1) is 0 Å². The van der Waals surface area contributed by atoms with E-state index in [1.807, 2.05) is 12.1 Å². The summed E-state index contributed by atoms with van der Waals surface area (Å²) in [5.41, 5.74) is 1.30. The van der Waals surface area contributed by atoms with Crippen molar-refractivity contribution in [2.24, 2.45) is 0 Å². The minimum atomic E-state index is 0.560. The Morgan fingerprint density at radius 3 is 2.21 bits per heavy atom. The SMILES string of the molecule is C=CCOc1ccc(CNCCCN(CCCC)CCCC)cc1. The monoisotopic (exact) mass is 332 g/mol. The van der Waals surface area contributed by atoms with Crippen LogP contribution in [0.15, 0.2) is 36.9 Å². The normalized spacial score (nSPS) is 11.0. The molecule has 3 heteroatoms. The van der Waals surface area contributed by atoms with Crippen LogP contribution in [0, 0.1) is 0 Å². The number of nitrogens with one attached hydrogen (secondary N) is 1. The maximum atomic E-state index is 5.50. The largest absolute Gasteiger partial charge is 0.490 e. The molecule has 0 amide bonds. The molecule has 24 heavy (non-hydrogen) atoms. The van der Waals surface area contributed by atoms with E-state index in [1.165, 1.54) is 57.3 Å². The predicted molar refractivity (Wildman–Crippen MR) is 105 cm³/mol. The average Bonchev–Trinajstić information content (AvgIpc) is 2.62. The summed E-state index contributed by atoms with van der Waals surface area (Å²) in [7, 11) is 0. The van der Waals surface area contributed by atoms with Gasteiger partial charge in [-0.1, -0.05) is 51.5 Å². The summed E-state index contributed by atoms with van der Waals surface area (Å²) in [6.45, 7) is 14.5. The van der Waals surface area contributed by atoms with E-state index in [1.54, 1.807) is 6.08 Å². The van der Waals surface area contributed by atoms with Crippen LogP contribution < -0.4 is 10.1 Å². The van der Waals surface area contributed by atoms with Gasteiger partial charge >= 0.3 is 0 Å². The molecule has 0 aromatic heterocycles. The molecule has 0 atom stereocenters. The standard InChI is InChI=1S/C21H36N2O/c1-4-7-15-23(16-8-5-2)17-9-14-22-19-20-10-12-21(13-11-20)24-18-6-3/h6,10-13,22H,3-5,7-9,14-19H2,1-2H3. The minimum Gasteiger partial charge on any atom is -0.490 e. The molecule has 0 saturated heterocycles. The lowest BCUT2D eigenvalue weighted by Gasteiger charge is -2.22. The molecule has 0 aliphatic carbocycles. The Balaban J connectivity index is 2.18. The summed E-state index contributed by atoms with van der Waals surface area (Å²) >= 11 is 0. The molecule has 1 aromatic carbocycles. The van der Waals surface area contributed by atoms with E-state index in [-0.39, 0.29) is 0 Å². The van der Waals surface area contributed by atoms with Crippen LogP contribution in [0.25, 0.3) is 0 Å². The zero-order chi connectivity index (χ0) is 17.5. The molecule has 0 aliphatic heterocycles. The lowest BCUT2D eigenvalue weighted by Crippen LogP contribution is -2.29. The zero-order valence-corrected chi connectivity index (χ0v) is 15.7. The highest BCUT2D eigenvalue weighted by molar-refractivity contribution is 5.27. The maximum Gasteiger partial charge on any atom is 0.119 e. The lowest BCUT2D eigenvalue weighted by molar-refractivity contribution is 0.261. The zero-order valence-electron chi connectivity index (χ0n) is 15.7. The highest BCUT2D eigenvalue weighted by Gasteiger charge is 2.03. The van der Waals surface area contributed by atoms with Gasteiger partial charge in [-0.3, -0.25) is 0 Å². The van der Waals surface area contributed by atoms with Crippen LogP contribution in [0.3, 0.4) is 0 Å². The van der Waals surface area contributed by atoms with Crippen molar-refractivity contribution in [1.82, 2.24) is 10.2 Å². The molecule has 1 aromatic rings. The maximum absolute atomic E-state index is 5.50. The van der Waals surface area contributed by atoms with Crippen LogP contribution in [0.1, 0.15) is 51.5 Å². The van der Waals surface area contributed by atoms with Crippen LogP contribution >= 0.6 is 0 Å². The topological polar surface area (TPSA) is 24.5 Å². The van der Waals surface area contributed by atoms with Crippen molar-refractivity contribution < 1.29 is 4.74 Å². The molecule has 3 nitrogen and oxygen atoms in total. The molecular weight excluding hydrogens is 296 g/mol. The summed E-state index contributed by atoms with van der Waals surface area (Å²) in [4.78, 5) is 2.63. The van der Waals surface area contributed by atoms with Gasteiger partial charge in [-0.2, -0.15) is 0 Å². The van der Waals surface area contributed by atoms with E-state index in [0.29, 0.717) is 6.61 Å². The molecule has 1 N–H and O–H groups in total. The third-order valence-electron chi connectivity index (χ3n) is 4.10. The Bertz CT molecular complexity index is 408.